The molecule has 0 radical (unpaired) electrons. The van der Waals surface area contributed by atoms with Crippen LogP contribution in [-0.4, -0.2) is 115 Å². The molecule has 254 valence electrons. The number of fused-ring (bicyclic) bond motifs is 1. The topological polar surface area (TPSA) is 131 Å². The number of nitrogens with one attached hydrogen (secondary N) is 2. The van der Waals surface area contributed by atoms with Crippen LogP contribution in [0.15, 0.2) is 45.3 Å². The van der Waals surface area contributed by atoms with Crippen LogP contribution in [-0.2, 0) is 16.0 Å². The number of halogens is 2. The minimum atomic E-state index is -1.00. The van der Waals surface area contributed by atoms with Gasteiger partial charge < -0.3 is 36.0 Å². The summed E-state index contributed by atoms with van der Waals surface area (Å²) >= 11 is 6.79. The smallest absolute Gasteiger partial charge is 0.322 e. The van der Waals surface area contributed by atoms with Gasteiger partial charge in [-0.05, 0) is 115 Å². The first kappa shape index (κ1) is 35.3. The van der Waals surface area contributed by atoms with Crippen molar-refractivity contribution < 1.29 is 19.2 Å². The zero-order valence-corrected chi connectivity index (χ0v) is 30.3. The van der Waals surface area contributed by atoms with Crippen LogP contribution in [0.4, 0.5) is 16.2 Å². The summed E-state index contributed by atoms with van der Waals surface area (Å²) in [4.78, 5) is 61.9. The summed E-state index contributed by atoms with van der Waals surface area (Å²) in [6.07, 6.45) is 4.18. The molecule has 4 N–H and O–H groups in total. The quantitative estimate of drug-likeness (QED) is 0.242. The zero-order valence-electron chi connectivity index (χ0n) is 27.1. The van der Waals surface area contributed by atoms with Crippen molar-refractivity contribution >= 4 is 66.9 Å². The van der Waals surface area contributed by atoms with Crippen LogP contribution in [0.2, 0.25) is 0 Å². The lowest BCUT2D eigenvalue weighted by Gasteiger charge is -2.39. The van der Waals surface area contributed by atoms with Crippen LogP contribution in [0.3, 0.4) is 0 Å². The average Bonchev–Trinajstić information content (AvgIpc) is 3.23. The number of hydrogen-bond acceptors (Lipinski definition) is 7. The molecule has 11 nitrogen and oxygen atoms in total. The van der Waals surface area contributed by atoms with Crippen LogP contribution in [0.1, 0.15) is 54.4 Å². The summed E-state index contributed by atoms with van der Waals surface area (Å²) in [5, 5.41) is 5.95. The van der Waals surface area contributed by atoms with E-state index >= 15 is 0 Å². The standard InChI is InChI=1S/C34H45Br2N7O4/c1-40(2)24-8-13-41(14-9-24)15-12-31(45)38-29(21-30(44)23-19-26(35)32(37)27(36)20-23)33(46)42-16-10-25(11-17-42)43-18-7-22-5-3-4-6-28(22)39-34(43)47/h3-6,19-20,24-25,29H,7-18,21,37H2,1-2H3,(H,38,45)(H,39,47)/t29-/m1/s1. The molecule has 0 bridgehead atoms. The highest BCUT2D eigenvalue weighted by Crippen LogP contribution is 2.30. The molecule has 0 saturated carbocycles. The van der Waals surface area contributed by atoms with Gasteiger partial charge in [0.05, 0.1) is 5.69 Å². The first-order valence-corrected chi connectivity index (χ1v) is 18.0. The van der Waals surface area contributed by atoms with E-state index in [9.17, 15) is 19.2 Å². The summed E-state index contributed by atoms with van der Waals surface area (Å²) in [5.41, 5.74) is 8.84. The Morgan fingerprint density at radius 2 is 1.66 bits per heavy atom. The van der Waals surface area contributed by atoms with E-state index in [0.717, 1.165) is 43.6 Å². The molecule has 1 atom stereocenters. The third kappa shape index (κ3) is 8.92. The fourth-order valence-electron chi connectivity index (χ4n) is 6.79. The molecule has 2 saturated heterocycles. The van der Waals surface area contributed by atoms with Crippen molar-refractivity contribution in [2.75, 3.05) is 64.4 Å². The Kier molecular flexibility index (Phi) is 12.0. The number of Topliss-reactive ketones (excluding diaryl/α,β-unsaturated/α-hetero) is 1. The number of piperidine rings is 2. The fourth-order valence-corrected chi connectivity index (χ4v) is 7.98. The molecule has 5 rings (SSSR count). The van der Waals surface area contributed by atoms with Gasteiger partial charge in [0.2, 0.25) is 11.8 Å². The summed E-state index contributed by atoms with van der Waals surface area (Å²) in [6.45, 7) is 3.92. The van der Waals surface area contributed by atoms with Gasteiger partial charge in [-0.2, -0.15) is 0 Å². The highest BCUT2D eigenvalue weighted by atomic mass is 79.9. The van der Waals surface area contributed by atoms with E-state index < -0.39 is 6.04 Å². The largest absolute Gasteiger partial charge is 0.397 e. The van der Waals surface area contributed by atoms with Crippen LogP contribution < -0.4 is 16.4 Å². The maximum Gasteiger partial charge on any atom is 0.322 e. The van der Waals surface area contributed by atoms with Crippen LogP contribution in [0.25, 0.3) is 0 Å². The number of carbonyl (C=O) groups is 4. The number of urea groups is 1. The summed E-state index contributed by atoms with van der Waals surface area (Å²) in [5.74, 6) is -0.800. The fraction of sp³-hybridized carbons (Fsp3) is 0.529. The maximum atomic E-state index is 14.0. The predicted octanol–water partition coefficient (Wildman–Crippen LogP) is 4.35. The number of para-hydroxylation sites is 1. The van der Waals surface area contributed by atoms with E-state index in [1.165, 1.54) is 0 Å². The number of hydrogen-bond donors (Lipinski definition) is 3. The number of nitrogens with zero attached hydrogens (tertiary/aromatic N) is 4. The van der Waals surface area contributed by atoms with Gasteiger partial charge in [-0.3, -0.25) is 14.4 Å². The lowest BCUT2D eigenvalue weighted by molar-refractivity contribution is -0.137. The normalized spacial score (nSPS) is 18.8. The Balaban J connectivity index is 1.22. The Hall–Kier alpha value is -3.00. The number of anilines is 2. The molecule has 2 fully saturated rings. The number of benzene rings is 2. The summed E-state index contributed by atoms with van der Waals surface area (Å²) in [6, 6.07) is 10.5. The Morgan fingerprint density at radius 3 is 2.32 bits per heavy atom. The van der Waals surface area contributed by atoms with E-state index in [4.69, 9.17) is 5.73 Å². The first-order valence-electron chi connectivity index (χ1n) is 16.4. The number of rotatable bonds is 10. The third-order valence-corrected chi connectivity index (χ3v) is 11.0. The van der Waals surface area contributed by atoms with Crippen LogP contribution in [0.5, 0.6) is 0 Å². The van der Waals surface area contributed by atoms with Crippen molar-refractivity contribution in [1.82, 2.24) is 24.9 Å². The second-order valence-electron chi connectivity index (χ2n) is 13.0. The highest BCUT2D eigenvalue weighted by Gasteiger charge is 2.35. The number of ketones is 1. The second kappa shape index (κ2) is 15.9. The minimum absolute atomic E-state index is 0.0100. The Morgan fingerprint density at radius 1 is 1.00 bits per heavy atom. The maximum absolute atomic E-state index is 14.0. The molecule has 2 aromatic carbocycles. The molecule has 3 aliphatic rings. The molecule has 0 aromatic heterocycles. The summed E-state index contributed by atoms with van der Waals surface area (Å²) in [7, 11) is 4.20. The van der Waals surface area contributed by atoms with Gasteiger partial charge in [-0.1, -0.05) is 18.2 Å². The number of likely N-dealkylation sites (tertiary alicyclic amines) is 2. The van der Waals surface area contributed by atoms with Crippen LogP contribution >= 0.6 is 31.9 Å². The molecule has 47 heavy (non-hydrogen) atoms. The Labute approximate surface area is 293 Å². The molecular formula is C34H45Br2N7O4. The van der Waals surface area contributed by atoms with Gasteiger partial charge in [0.25, 0.3) is 0 Å². The van der Waals surface area contributed by atoms with Gasteiger partial charge in [-0.15, -0.1) is 0 Å². The molecule has 0 spiro atoms. The first-order chi connectivity index (χ1) is 22.5. The van der Waals surface area contributed by atoms with E-state index in [0.29, 0.717) is 65.3 Å². The van der Waals surface area contributed by atoms with E-state index in [1.807, 2.05) is 29.2 Å². The van der Waals surface area contributed by atoms with E-state index in [1.54, 1.807) is 17.0 Å². The van der Waals surface area contributed by atoms with Crippen molar-refractivity contribution in [3.05, 3.63) is 56.5 Å². The SMILES string of the molecule is CN(C)C1CCN(CCC(=O)N[C@H](CC(=O)c2cc(Br)c(N)c(Br)c2)C(=O)N2CCC(N3CCc4ccccc4NC3=O)CC2)CC1. The van der Waals surface area contributed by atoms with Crippen molar-refractivity contribution in [2.45, 2.75) is 63.1 Å². The Bertz CT molecular complexity index is 1450. The molecule has 3 aliphatic heterocycles. The lowest BCUT2D eigenvalue weighted by Crippen LogP contribution is -2.55. The van der Waals surface area contributed by atoms with Gasteiger partial charge in [-0.25, -0.2) is 4.79 Å². The zero-order chi connectivity index (χ0) is 33.7. The van der Waals surface area contributed by atoms with Gasteiger partial charge in [0.15, 0.2) is 5.78 Å². The van der Waals surface area contributed by atoms with Crippen molar-refractivity contribution in [2.24, 2.45) is 0 Å². The molecule has 2 aromatic rings. The average molecular weight is 776 g/mol. The van der Waals surface area contributed by atoms with E-state index in [-0.39, 0.29) is 42.5 Å². The molecule has 3 heterocycles. The molecule has 13 heteroatoms. The lowest BCUT2D eigenvalue weighted by atomic mass is 9.99. The molecule has 0 unspecified atom stereocenters. The number of carbonyl (C=O) groups excluding carboxylic acids is 4. The highest BCUT2D eigenvalue weighted by molar-refractivity contribution is 9.11. The minimum Gasteiger partial charge on any atom is -0.397 e. The van der Waals surface area contributed by atoms with Crippen molar-refractivity contribution in [3.8, 4) is 0 Å². The van der Waals surface area contributed by atoms with Crippen molar-refractivity contribution in [3.63, 3.8) is 0 Å². The monoisotopic (exact) mass is 773 g/mol. The second-order valence-corrected chi connectivity index (χ2v) is 14.7. The van der Waals surface area contributed by atoms with Gasteiger partial charge in [0.1, 0.15) is 6.04 Å². The predicted molar refractivity (Wildman–Crippen MR) is 190 cm³/mol. The molecule has 0 aliphatic carbocycles. The molecular weight excluding hydrogens is 730 g/mol. The molecule has 4 amide bonds. The number of amides is 4. The van der Waals surface area contributed by atoms with Gasteiger partial charge in [0, 0.05) is 71.3 Å². The van der Waals surface area contributed by atoms with Gasteiger partial charge >= 0.3 is 6.03 Å². The van der Waals surface area contributed by atoms with Crippen LogP contribution in [0, 0.1) is 0 Å². The third-order valence-electron chi connectivity index (χ3n) is 9.73. The number of nitrogen functional groups attached to an aromatic ring is 1. The van der Waals surface area contributed by atoms with Crippen molar-refractivity contribution in [1.29, 1.82) is 0 Å². The summed E-state index contributed by atoms with van der Waals surface area (Å²) < 4.78 is 1.14. The van der Waals surface area contributed by atoms with E-state index in [2.05, 4.69) is 66.4 Å². The number of nitrogens with two attached hydrogens (primary N) is 1.